The van der Waals surface area contributed by atoms with Crippen molar-refractivity contribution in [2.24, 2.45) is 13.0 Å². The molecule has 6 heteroatoms. The number of hydrogen-bond donors (Lipinski definition) is 0. The lowest BCUT2D eigenvalue weighted by Crippen LogP contribution is -2.59. The van der Waals surface area contributed by atoms with E-state index in [1.54, 1.807) is 0 Å². The van der Waals surface area contributed by atoms with Gasteiger partial charge in [-0.05, 0) is 56.5 Å². The van der Waals surface area contributed by atoms with Crippen molar-refractivity contribution >= 4 is 0 Å². The maximum Gasteiger partial charge on any atom is 0.231 e. The molecule has 0 spiro atoms. The molecule has 5 aliphatic rings. The van der Waals surface area contributed by atoms with Gasteiger partial charge in [-0.3, -0.25) is 14.5 Å². The van der Waals surface area contributed by atoms with Crippen molar-refractivity contribution in [2.75, 3.05) is 26.4 Å². The van der Waals surface area contributed by atoms with Gasteiger partial charge < -0.3 is 9.47 Å². The smallest absolute Gasteiger partial charge is 0.231 e. The highest BCUT2D eigenvalue weighted by Crippen LogP contribution is 2.48. The Morgan fingerprint density at radius 3 is 2.71 bits per heavy atom. The maximum absolute atomic E-state index is 5.68. The van der Waals surface area contributed by atoms with Gasteiger partial charge in [0, 0.05) is 49.4 Å². The lowest BCUT2D eigenvalue weighted by molar-refractivity contribution is -0.00874. The van der Waals surface area contributed by atoms with Crippen LogP contribution in [0.15, 0.2) is 24.4 Å². The van der Waals surface area contributed by atoms with Crippen LogP contribution in [-0.4, -0.2) is 58.1 Å². The number of nitrogens with zero attached hydrogens (tertiary/aromatic N) is 4. The van der Waals surface area contributed by atoms with Crippen LogP contribution in [0.4, 0.5) is 0 Å². The molecule has 1 aromatic heterocycles. The number of hydrogen-bond acceptors (Lipinski definition) is 5. The molecule has 0 radical (unpaired) electrons. The first-order valence-corrected chi connectivity index (χ1v) is 10.5. The Labute approximate surface area is 166 Å². The molecule has 0 N–H and O–H groups in total. The summed E-state index contributed by atoms with van der Waals surface area (Å²) in [5.41, 5.74) is 4.05. The molecule has 0 unspecified atom stereocenters. The van der Waals surface area contributed by atoms with E-state index in [-0.39, 0.29) is 0 Å². The highest BCUT2D eigenvalue weighted by molar-refractivity contribution is 5.46. The molecule has 28 heavy (non-hydrogen) atoms. The van der Waals surface area contributed by atoms with Crippen LogP contribution < -0.4 is 9.47 Å². The summed E-state index contributed by atoms with van der Waals surface area (Å²) < 4.78 is 13.2. The van der Waals surface area contributed by atoms with Gasteiger partial charge in [0.1, 0.15) is 0 Å². The van der Waals surface area contributed by atoms with Crippen molar-refractivity contribution in [1.29, 1.82) is 0 Å². The third-order valence-electron chi connectivity index (χ3n) is 7.63. The Morgan fingerprint density at radius 1 is 1.11 bits per heavy atom. The van der Waals surface area contributed by atoms with E-state index >= 15 is 0 Å². The average Bonchev–Trinajstić information content (AvgIpc) is 3.43. The quantitative estimate of drug-likeness (QED) is 0.819. The lowest BCUT2D eigenvalue weighted by Gasteiger charge is -2.51. The van der Waals surface area contributed by atoms with Gasteiger partial charge in [0.2, 0.25) is 6.79 Å². The normalized spacial score (nSPS) is 33.4. The molecular formula is C22H28N4O2. The van der Waals surface area contributed by atoms with E-state index in [2.05, 4.69) is 46.2 Å². The average molecular weight is 380 g/mol. The fourth-order valence-corrected chi connectivity index (χ4v) is 6.08. The van der Waals surface area contributed by atoms with Gasteiger partial charge in [-0.25, -0.2) is 0 Å². The van der Waals surface area contributed by atoms with E-state index in [0.29, 0.717) is 24.8 Å². The fraction of sp³-hybridized carbons (Fsp3) is 0.591. The van der Waals surface area contributed by atoms with Crippen LogP contribution in [0, 0.1) is 12.8 Å². The molecule has 4 saturated heterocycles. The Morgan fingerprint density at radius 2 is 1.93 bits per heavy atom. The number of aromatic nitrogens is 2. The van der Waals surface area contributed by atoms with Gasteiger partial charge in [0.05, 0.1) is 6.20 Å². The molecule has 0 saturated carbocycles. The minimum atomic E-state index is 0.343. The van der Waals surface area contributed by atoms with E-state index in [1.807, 2.05) is 11.7 Å². The van der Waals surface area contributed by atoms with Gasteiger partial charge in [0.15, 0.2) is 11.5 Å². The topological polar surface area (TPSA) is 42.8 Å². The zero-order valence-corrected chi connectivity index (χ0v) is 16.7. The zero-order chi connectivity index (χ0) is 18.8. The minimum absolute atomic E-state index is 0.343. The molecule has 148 valence electrons. The molecule has 4 fully saturated rings. The number of rotatable bonds is 3. The van der Waals surface area contributed by atoms with Crippen LogP contribution in [0.25, 0.3) is 0 Å². The number of piperidine rings is 3. The standard InChI is InChI=1S/C22H28N4O2/c1-14-17(10-23-24(14)2)11-26-12-18(16-3-4-19-20(9-16)28-13-27-19)22-21(26)15-5-7-25(22)8-6-15/h3-4,9-10,15,18,21-22H,5-8,11-13H2,1-2H3/t18-,21+,22+/m1/s1. The molecule has 2 bridgehead atoms. The monoisotopic (exact) mass is 380 g/mol. The van der Waals surface area contributed by atoms with Gasteiger partial charge in [0.25, 0.3) is 0 Å². The lowest BCUT2D eigenvalue weighted by atomic mass is 9.75. The summed E-state index contributed by atoms with van der Waals surface area (Å²) >= 11 is 0. The van der Waals surface area contributed by atoms with Crippen LogP contribution in [0.5, 0.6) is 11.5 Å². The number of benzene rings is 1. The van der Waals surface area contributed by atoms with Gasteiger partial charge >= 0.3 is 0 Å². The molecular weight excluding hydrogens is 352 g/mol. The van der Waals surface area contributed by atoms with Crippen LogP contribution in [0.1, 0.15) is 35.6 Å². The predicted octanol–water partition coefficient (Wildman–Crippen LogP) is 2.52. The second-order valence-corrected chi connectivity index (χ2v) is 8.88. The first-order valence-electron chi connectivity index (χ1n) is 10.5. The predicted molar refractivity (Wildman–Crippen MR) is 106 cm³/mol. The SMILES string of the molecule is Cc1c(CN2C[C@H](c3ccc4c(c3)OCO4)[C@H]3[C@@H]2C2CCN3CC2)cnn1C. The second-order valence-electron chi connectivity index (χ2n) is 8.88. The largest absolute Gasteiger partial charge is 0.454 e. The van der Waals surface area contributed by atoms with E-state index in [0.717, 1.165) is 30.5 Å². The Bertz CT molecular complexity index is 902. The molecule has 1 aromatic carbocycles. The second kappa shape index (κ2) is 6.22. The molecule has 6 heterocycles. The molecule has 6 nitrogen and oxygen atoms in total. The fourth-order valence-electron chi connectivity index (χ4n) is 6.08. The van der Waals surface area contributed by atoms with E-state index in [9.17, 15) is 0 Å². The van der Waals surface area contributed by atoms with Crippen molar-refractivity contribution in [3.63, 3.8) is 0 Å². The molecule has 3 atom stereocenters. The Kier molecular flexibility index (Phi) is 3.75. The van der Waals surface area contributed by atoms with Crippen LogP contribution in [0.3, 0.4) is 0 Å². The summed E-state index contributed by atoms with van der Waals surface area (Å²) in [5, 5.41) is 4.48. The molecule has 0 amide bonds. The summed E-state index contributed by atoms with van der Waals surface area (Å²) in [6.45, 7) is 7.15. The number of aryl methyl sites for hydroxylation is 1. The summed E-state index contributed by atoms with van der Waals surface area (Å²) in [7, 11) is 2.04. The minimum Gasteiger partial charge on any atom is -0.454 e. The molecule has 5 aliphatic heterocycles. The summed E-state index contributed by atoms with van der Waals surface area (Å²) in [6.07, 6.45) is 4.74. The number of likely N-dealkylation sites (tertiary alicyclic amines) is 1. The van der Waals surface area contributed by atoms with E-state index in [1.165, 1.54) is 42.8 Å². The molecule has 2 aromatic rings. The summed E-state index contributed by atoms with van der Waals surface area (Å²) in [4.78, 5) is 5.51. The highest BCUT2D eigenvalue weighted by Gasteiger charge is 2.53. The number of ether oxygens (including phenoxy) is 2. The van der Waals surface area contributed by atoms with Crippen molar-refractivity contribution in [2.45, 2.75) is 44.3 Å². The van der Waals surface area contributed by atoms with Crippen LogP contribution in [0.2, 0.25) is 0 Å². The first kappa shape index (κ1) is 16.9. The highest BCUT2D eigenvalue weighted by atomic mass is 16.7. The van der Waals surface area contributed by atoms with Gasteiger partial charge in [-0.15, -0.1) is 0 Å². The maximum atomic E-state index is 5.68. The van der Waals surface area contributed by atoms with Crippen molar-refractivity contribution in [1.82, 2.24) is 19.6 Å². The van der Waals surface area contributed by atoms with E-state index in [4.69, 9.17) is 9.47 Å². The van der Waals surface area contributed by atoms with Crippen LogP contribution >= 0.6 is 0 Å². The van der Waals surface area contributed by atoms with Crippen molar-refractivity contribution < 1.29 is 9.47 Å². The van der Waals surface area contributed by atoms with Crippen molar-refractivity contribution in [3.05, 3.63) is 41.2 Å². The first-order chi connectivity index (χ1) is 13.7. The molecule has 0 aliphatic carbocycles. The number of fused-ring (bicyclic) bond motifs is 3. The van der Waals surface area contributed by atoms with Gasteiger partial charge in [-0.2, -0.15) is 5.10 Å². The Balaban J connectivity index is 1.35. The van der Waals surface area contributed by atoms with Gasteiger partial charge in [-0.1, -0.05) is 6.07 Å². The van der Waals surface area contributed by atoms with E-state index < -0.39 is 0 Å². The van der Waals surface area contributed by atoms with Crippen LogP contribution in [-0.2, 0) is 13.6 Å². The zero-order valence-electron chi connectivity index (χ0n) is 16.7. The summed E-state index contributed by atoms with van der Waals surface area (Å²) in [6, 6.07) is 7.85. The van der Waals surface area contributed by atoms with Crippen molar-refractivity contribution in [3.8, 4) is 11.5 Å². The Hall–Kier alpha value is -2.05. The third kappa shape index (κ3) is 2.44. The third-order valence-corrected chi connectivity index (χ3v) is 7.63. The summed E-state index contributed by atoms with van der Waals surface area (Å²) in [5.74, 6) is 3.14. The molecule has 7 rings (SSSR count).